The normalized spacial score (nSPS) is 11.4. The molecular weight excluding hydrogens is 390 g/mol. The molecule has 0 saturated carbocycles. The van der Waals surface area contributed by atoms with Gasteiger partial charge in [-0.05, 0) is 43.5 Å². The standard InChI is InChI=1S/C20H21N5O3S/c1-12(2)25-16-7-6-14(19-22-13(3)28-23-19)9-17(16)24(20(25)27)11-18(26)21-10-15-5-4-8-29-15/h4-9,12H,10-11H2,1-3H3,(H,21,26). The number of amides is 1. The molecule has 1 amide bonds. The Bertz CT molecular complexity index is 1220. The molecule has 9 heteroatoms. The summed E-state index contributed by atoms with van der Waals surface area (Å²) in [6, 6.07) is 9.39. The van der Waals surface area contributed by atoms with Gasteiger partial charge in [0.25, 0.3) is 0 Å². The van der Waals surface area contributed by atoms with E-state index in [2.05, 4.69) is 15.5 Å². The highest BCUT2D eigenvalue weighted by molar-refractivity contribution is 7.09. The van der Waals surface area contributed by atoms with Crippen LogP contribution in [0.1, 0.15) is 30.7 Å². The lowest BCUT2D eigenvalue weighted by Crippen LogP contribution is -2.33. The molecule has 0 aliphatic heterocycles. The minimum atomic E-state index is -0.220. The molecule has 8 nitrogen and oxygen atoms in total. The number of benzene rings is 1. The SMILES string of the molecule is Cc1nc(-c2ccc3c(c2)n(CC(=O)NCc2cccs2)c(=O)n3C(C)C)no1. The first-order valence-electron chi connectivity index (χ1n) is 9.28. The van der Waals surface area contributed by atoms with Crippen molar-refractivity contribution in [1.82, 2.24) is 24.6 Å². The number of hydrogen-bond donors (Lipinski definition) is 1. The van der Waals surface area contributed by atoms with Crippen LogP contribution in [0.4, 0.5) is 0 Å². The summed E-state index contributed by atoms with van der Waals surface area (Å²) < 4.78 is 8.25. The second-order valence-electron chi connectivity index (χ2n) is 7.03. The van der Waals surface area contributed by atoms with Gasteiger partial charge in [0, 0.05) is 23.4 Å². The van der Waals surface area contributed by atoms with E-state index in [0.717, 1.165) is 16.0 Å². The maximum Gasteiger partial charge on any atom is 0.329 e. The van der Waals surface area contributed by atoms with Gasteiger partial charge in [-0.15, -0.1) is 11.3 Å². The van der Waals surface area contributed by atoms with Crippen molar-refractivity contribution in [3.63, 3.8) is 0 Å². The molecule has 4 rings (SSSR count). The molecule has 4 aromatic rings. The number of nitrogens with one attached hydrogen (secondary N) is 1. The zero-order valence-corrected chi connectivity index (χ0v) is 17.2. The van der Waals surface area contributed by atoms with E-state index in [9.17, 15) is 9.59 Å². The molecule has 0 unspecified atom stereocenters. The van der Waals surface area contributed by atoms with Crippen molar-refractivity contribution in [1.29, 1.82) is 0 Å². The molecule has 0 aliphatic rings. The van der Waals surface area contributed by atoms with Crippen LogP contribution in [0.15, 0.2) is 45.0 Å². The van der Waals surface area contributed by atoms with Crippen LogP contribution in [0.5, 0.6) is 0 Å². The second-order valence-corrected chi connectivity index (χ2v) is 8.06. The lowest BCUT2D eigenvalue weighted by Gasteiger charge is -2.06. The molecule has 150 valence electrons. The van der Waals surface area contributed by atoms with Crippen molar-refractivity contribution in [2.75, 3.05) is 0 Å². The fourth-order valence-electron chi connectivity index (χ4n) is 3.29. The van der Waals surface area contributed by atoms with E-state index in [-0.39, 0.29) is 24.2 Å². The summed E-state index contributed by atoms with van der Waals surface area (Å²) in [5, 5.41) is 8.79. The lowest BCUT2D eigenvalue weighted by atomic mass is 10.2. The van der Waals surface area contributed by atoms with Gasteiger partial charge in [-0.25, -0.2) is 4.79 Å². The zero-order chi connectivity index (χ0) is 20.5. The Morgan fingerprint density at radius 3 is 2.76 bits per heavy atom. The average molecular weight is 411 g/mol. The summed E-state index contributed by atoms with van der Waals surface area (Å²) in [5.74, 6) is 0.692. The Morgan fingerprint density at radius 1 is 1.28 bits per heavy atom. The van der Waals surface area contributed by atoms with Gasteiger partial charge in [0.15, 0.2) is 0 Å². The Kier molecular flexibility index (Phi) is 5.06. The number of carbonyl (C=O) groups is 1. The number of aromatic nitrogens is 4. The van der Waals surface area contributed by atoms with Gasteiger partial charge in [-0.2, -0.15) is 4.98 Å². The molecule has 0 aliphatic carbocycles. The topological polar surface area (TPSA) is 95.0 Å². The highest BCUT2D eigenvalue weighted by Crippen LogP contribution is 2.24. The van der Waals surface area contributed by atoms with E-state index in [1.807, 2.05) is 49.6 Å². The van der Waals surface area contributed by atoms with Crippen LogP contribution >= 0.6 is 11.3 Å². The van der Waals surface area contributed by atoms with Crippen molar-refractivity contribution in [3.8, 4) is 11.4 Å². The van der Waals surface area contributed by atoms with E-state index < -0.39 is 0 Å². The van der Waals surface area contributed by atoms with Gasteiger partial charge in [0.1, 0.15) is 6.54 Å². The number of carbonyl (C=O) groups excluding carboxylic acids is 1. The molecule has 0 bridgehead atoms. The van der Waals surface area contributed by atoms with Crippen LogP contribution in [0.25, 0.3) is 22.4 Å². The molecule has 1 N–H and O–H groups in total. The number of fused-ring (bicyclic) bond motifs is 1. The minimum absolute atomic E-state index is 0.0429. The lowest BCUT2D eigenvalue weighted by molar-refractivity contribution is -0.121. The monoisotopic (exact) mass is 411 g/mol. The number of hydrogen-bond acceptors (Lipinski definition) is 6. The molecular formula is C20H21N5O3S. The highest BCUT2D eigenvalue weighted by atomic mass is 32.1. The van der Waals surface area contributed by atoms with E-state index in [1.165, 1.54) is 4.57 Å². The van der Waals surface area contributed by atoms with Gasteiger partial charge < -0.3 is 9.84 Å². The molecule has 3 aromatic heterocycles. The van der Waals surface area contributed by atoms with Gasteiger partial charge in [0.05, 0.1) is 17.6 Å². The maximum absolute atomic E-state index is 13.0. The van der Waals surface area contributed by atoms with E-state index in [4.69, 9.17) is 4.52 Å². The van der Waals surface area contributed by atoms with Crippen molar-refractivity contribution < 1.29 is 9.32 Å². The first kappa shape index (κ1) is 19.1. The third kappa shape index (κ3) is 3.73. The van der Waals surface area contributed by atoms with Gasteiger partial charge in [-0.1, -0.05) is 11.2 Å². The molecule has 0 radical (unpaired) electrons. The van der Waals surface area contributed by atoms with E-state index >= 15 is 0 Å². The summed E-state index contributed by atoms with van der Waals surface area (Å²) in [6.07, 6.45) is 0. The molecule has 0 saturated heterocycles. The van der Waals surface area contributed by atoms with Crippen LogP contribution in [0.3, 0.4) is 0 Å². The van der Waals surface area contributed by atoms with Crippen molar-refractivity contribution >= 4 is 28.3 Å². The number of imidazole rings is 1. The van der Waals surface area contributed by atoms with Crippen LogP contribution in [-0.4, -0.2) is 25.2 Å². The van der Waals surface area contributed by atoms with Gasteiger partial charge in [0.2, 0.25) is 17.6 Å². The Labute approximate surface area is 170 Å². The van der Waals surface area contributed by atoms with Gasteiger partial charge >= 0.3 is 5.69 Å². The average Bonchev–Trinajstić information content (AvgIpc) is 3.40. The molecule has 0 fully saturated rings. The van der Waals surface area contributed by atoms with E-state index in [1.54, 1.807) is 22.8 Å². The number of rotatable bonds is 6. The van der Waals surface area contributed by atoms with E-state index in [0.29, 0.717) is 23.8 Å². The smallest absolute Gasteiger partial charge is 0.329 e. The first-order chi connectivity index (χ1) is 13.9. The maximum atomic E-state index is 13.0. The van der Waals surface area contributed by atoms with Crippen LogP contribution < -0.4 is 11.0 Å². The summed E-state index contributed by atoms with van der Waals surface area (Å²) in [7, 11) is 0. The second kappa shape index (κ2) is 7.67. The Hall–Kier alpha value is -3.20. The number of nitrogens with zero attached hydrogens (tertiary/aromatic N) is 4. The molecule has 0 spiro atoms. The predicted octanol–water partition coefficient (Wildman–Crippen LogP) is 3.12. The summed E-state index contributed by atoms with van der Waals surface area (Å²) in [5.41, 5.74) is 1.93. The van der Waals surface area contributed by atoms with Crippen LogP contribution in [-0.2, 0) is 17.9 Å². The summed E-state index contributed by atoms with van der Waals surface area (Å²) in [6.45, 7) is 5.99. The highest BCUT2D eigenvalue weighted by Gasteiger charge is 2.19. The predicted molar refractivity (Wildman–Crippen MR) is 111 cm³/mol. The third-order valence-electron chi connectivity index (χ3n) is 4.61. The largest absolute Gasteiger partial charge is 0.350 e. The third-order valence-corrected chi connectivity index (χ3v) is 5.48. The molecule has 3 heterocycles. The molecule has 1 aromatic carbocycles. The van der Waals surface area contributed by atoms with Crippen molar-refractivity contribution in [2.24, 2.45) is 0 Å². The Morgan fingerprint density at radius 2 is 2.10 bits per heavy atom. The fraction of sp³-hybridized carbons (Fsp3) is 0.300. The minimum Gasteiger partial charge on any atom is -0.350 e. The fourth-order valence-corrected chi connectivity index (χ4v) is 3.93. The van der Waals surface area contributed by atoms with Gasteiger partial charge in [-0.3, -0.25) is 13.9 Å². The molecule has 29 heavy (non-hydrogen) atoms. The molecule has 0 atom stereocenters. The summed E-state index contributed by atoms with van der Waals surface area (Å²) >= 11 is 1.58. The van der Waals surface area contributed by atoms with Crippen molar-refractivity contribution in [3.05, 3.63) is 57.0 Å². The Balaban J connectivity index is 1.71. The summed E-state index contributed by atoms with van der Waals surface area (Å²) in [4.78, 5) is 30.9. The number of thiophene rings is 1. The van der Waals surface area contributed by atoms with Crippen molar-refractivity contribution in [2.45, 2.75) is 39.9 Å². The first-order valence-corrected chi connectivity index (χ1v) is 10.2. The quantitative estimate of drug-likeness (QED) is 0.526. The number of aryl methyl sites for hydroxylation is 1. The van der Waals surface area contributed by atoms with Crippen LogP contribution in [0, 0.1) is 6.92 Å². The van der Waals surface area contributed by atoms with Crippen LogP contribution in [0.2, 0.25) is 0 Å². The zero-order valence-electron chi connectivity index (χ0n) is 16.4.